The molecule has 0 aliphatic heterocycles. The van der Waals surface area contributed by atoms with Crippen molar-refractivity contribution < 1.29 is 9.84 Å². The third-order valence-electron chi connectivity index (χ3n) is 4.20. The number of H-pyrrole nitrogens is 1. The molecule has 0 saturated carbocycles. The van der Waals surface area contributed by atoms with Crippen molar-refractivity contribution in [2.45, 2.75) is 19.3 Å². The van der Waals surface area contributed by atoms with Crippen LogP contribution in [-0.2, 0) is 0 Å². The van der Waals surface area contributed by atoms with E-state index in [-0.39, 0.29) is 12.5 Å². The van der Waals surface area contributed by atoms with Crippen LogP contribution in [0.3, 0.4) is 0 Å². The summed E-state index contributed by atoms with van der Waals surface area (Å²) in [5.41, 5.74) is 4.68. The van der Waals surface area contributed by atoms with E-state index in [4.69, 9.17) is 4.74 Å². The molecular weight excluding hydrogens is 274 g/mol. The molecule has 3 nitrogen and oxygen atoms in total. The summed E-state index contributed by atoms with van der Waals surface area (Å²) in [6, 6.07) is 14.6. The normalized spacial score (nSPS) is 12.5. The summed E-state index contributed by atoms with van der Waals surface area (Å²) in [4.78, 5) is 3.32. The monoisotopic (exact) mass is 295 g/mol. The quantitative estimate of drug-likeness (QED) is 0.747. The lowest BCUT2D eigenvalue weighted by Crippen LogP contribution is -2.03. The van der Waals surface area contributed by atoms with Crippen molar-refractivity contribution in [2.75, 3.05) is 13.7 Å². The first-order valence-electron chi connectivity index (χ1n) is 7.56. The van der Waals surface area contributed by atoms with Crippen LogP contribution in [0.4, 0.5) is 0 Å². The van der Waals surface area contributed by atoms with Gasteiger partial charge in [-0.25, -0.2) is 0 Å². The van der Waals surface area contributed by atoms with Crippen LogP contribution < -0.4 is 4.74 Å². The Hall–Kier alpha value is -2.26. The van der Waals surface area contributed by atoms with E-state index < -0.39 is 0 Å². The topological polar surface area (TPSA) is 45.2 Å². The van der Waals surface area contributed by atoms with E-state index in [1.54, 1.807) is 7.11 Å². The second kappa shape index (κ2) is 6.24. The van der Waals surface area contributed by atoms with Crippen LogP contribution >= 0.6 is 0 Å². The van der Waals surface area contributed by atoms with Gasteiger partial charge in [0.05, 0.1) is 12.6 Å². The molecule has 0 aliphatic rings. The highest BCUT2D eigenvalue weighted by Gasteiger charge is 2.18. The summed E-state index contributed by atoms with van der Waals surface area (Å²) in [7, 11) is 1.68. The number of aliphatic hydroxyl groups is 1. The zero-order valence-corrected chi connectivity index (χ0v) is 13.0. The molecular formula is C19H21NO2. The number of aromatic amines is 1. The fourth-order valence-corrected chi connectivity index (χ4v) is 3.04. The van der Waals surface area contributed by atoms with Gasteiger partial charge in [-0.15, -0.1) is 0 Å². The van der Waals surface area contributed by atoms with Gasteiger partial charge in [0.15, 0.2) is 0 Å². The van der Waals surface area contributed by atoms with Gasteiger partial charge >= 0.3 is 0 Å². The average Bonchev–Trinajstić information content (AvgIpc) is 2.97. The number of ether oxygens (including phenoxy) is 1. The van der Waals surface area contributed by atoms with Crippen LogP contribution in [0.2, 0.25) is 0 Å². The maximum Gasteiger partial charge on any atom is 0.142 e. The molecule has 0 spiro atoms. The Morgan fingerprint density at radius 1 is 1.14 bits per heavy atom. The number of aromatic nitrogens is 1. The van der Waals surface area contributed by atoms with Gasteiger partial charge in [0.2, 0.25) is 0 Å². The molecule has 0 aliphatic carbocycles. The third-order valence-corrected chi connectivity index (χ3v) is 4.20. The minimum atomic E-state index is 0.162. The van der Waals surface area contributed by atoms with E-state index in [9.17, 15) is 5.11 Å². The molecule has 2 N–H and O–H groups in total. The predicted octanol–water partition coefficient (Wildman–Crippen LogP) is 4.00. The number of hydrogen-bond acceptors (Lipinski definition) is 2. The van der Waals surface area contributed by atoms with Gasteiger partial charge in [0, 0.05) is 24.1 Å². The van der Waals surface area contributed by atoms with Crippen LogP contribution in [0.15, 0.2) is 48.7 Å². The SMILES string of the molecule is COc1cccc2c(C(CCO)c3ccc(C)cc3)c[nH]c12. The van der Waals surface area contributed by atoms with Crippen molar-refractivity contribution in [3.05, 3.63) is 65.4 Å². The number of methoxy groups -OCH3 is 1. The molecule has 0 radical (unpaired) electrons. The third kappa shape index (κ3) is 2.60. The summed E-state index contributed by atoms with van der Waals surface area (Å²) >= 11 is 0. The minimum Gasteiger partial charge on any atom is -0.495 e. The van der Waals surface area contributed by atoms with Crippen molar-refractivity contribution in [1.29, 1.82) is 0 Å². The lowest BCUT2D eigenvalue weighted by Gasteiger charge is -2.16. The first-order valence-corrected chi connectivity index (χ1v) is 7.56. The summed E-state index contributed by atoms with van der Waals surface area (Å²) in [5, 5.41) is 10.6. The Bertz CT molecular complexity index is 759. The molecule has 1 heterocycles. The van der Waals surface area contributed by atoms with Gasteiger partial charge in [-0.2, -0.15) is 0 Å². The number of benzene rings is 2. The van der Waals surface area contributed by atoms with Gasteiger partial charge in [0.1, 0.15) is 5.75 Å². The highest BCUT2D eigenvalue weighted by atomic mass is 16.5. The fourth-order valence-electron chi connectivity index (χ4n) is 3.04. The minimum absolute atomic E-state index is 0.162. The lowest BCUT2D eigenvalue weighted by molar-refractivity contribution is 0.282. The van der Waals surface area contributed by atoms with Crippen LogP contribution in [-0.4, -0.2) is 23.8 Å². The number of hydrogen-bond donors (Lipinski definition) is 2. The van der Waals surface area contributed by atoms with Crippen molar-refractivity contribution in [2.24, 2.45) is 0 Å². The zero-order valence-electron chi connectivity index (χ0n) is 13.0. The molecule has 2 aromatic carbocycles. The second-order valence-electron chi connectivity index (χ2n) is 5.60. The van der Waals surface area contributed by atoms with E-state index in [1.807, 2.05) is 18.3 Å². The molecule has 1 aromatic heterocycles. The van der Waals surface area contributed by atoms with Crippen molar-refractivity contribution >= 4 is 10.9 Å². The maximum absolute atomic E-state index is 9.49. The molecule has 3 heteroatoms. The summed E-state index contributed by atoms with van der Waals surface area (Å²) in [6.07, 6.45) is 2.74. The smallest absolute Gasteiger partial charge is 0.142 e. The van der Waals surface area contributed by atoms with E-state index in [1.165, 1.54) is 16.7 Å². The van der Waals surface area contributed by atoms with E-state index >= 15 is 0 Å². The standard InChI is InChI=1S/C19H21NO2/c1-13-6-8-14(9-7-13)15(10-11-21)17-12-20-19-16(17)4-3-5-18(19)22-2/h3-9,12,15,20-21H,10-11H2,1-2H3. The largest absolute Gasteiger partial charge is 0.495 e. The van der Waals surface area contributed by atoms with Crippen LogP contribution in [0, 0.1) is 6.92 Å². The number of nitrogens with one attached hydrogen (secondary N) is 1. The van der Waals surface area contributed by atoms with Crippen molar-refractivity contribution in [3.63, 3.8) is 0 Å². The number of fused-ring (bicyclic) bond motifs is 1. The number of aryl methyl sites for hydroxylation is 1. The fraction of sp³-hybridized carbons (Fsp3) is 0.263. The molecule has 114 valence electrons. The van der Waals surface area contributed by atoms with E-state index in [0.29, 0.717) is 6.42 Å². The molecule has 1 atom stereocenters. The van der Waals surface area contributed by atoms with E-state index in [2.05, 4.69) is 42.2 Å². The second-order valence-corrected chi connectivity index (χ2v) is 5.60. The lowest BCUT2D eigenvalue weighted by atomic mass is 9.88. The Morgan fingerprint density at radius 2 is 1.91 bits per heavy atom. The van der Waals surface area contributed by atoms with Gasteiger partial charge in [0.25, 0.3) is 0 Å². The molecule has 3 aromatic rings. The number of aliphatic hydroxyl groups excluding tert-OH is 1. The van der Waals surface area contributed by atoms with Crippen molar-refractivity contribution in [1.82, 2.24) is 4.98 Å². The van der Waals surface area contributed by atoms with E-state index in [0.717, 1.165) is 16.7 Å². The van der Waals surface area contributed by atoms with Crippen LogP contribution in [0.5, 0.6) is 5.75 Å². The van der Waals surface area contributed by atoms with Crippen LogP contribution in [0.1, 0.15) is 29.0 Å². The first kappa shape index (κ1) is 14.7. The Labute approximate surface area is 130 Å². The molecule has 0 bridgehead atoms. The Balaban J connectivity index is 2.11. The molecule has 1 unspecified atom stereocenters. The molecule has 22 heavy (non-hydrogen) atoms. The maximum atomic E-state index is 9.49. The Kier molecular flexibility index (Phi) is 4.16. The summed E-state index contributed by atoms with van der Waals surface area (Å²) < 4.78 is 5.42. The molecule has 0 saturated heterocycles. The van der Waals surface area contributed by atoms with Crippen molar-refractivity contribution in [3.8, 4) is 5.75 Å². The predicted molar refractivity (Wildman–Crippen MR) is 89.6 cm³/mol. The van der Waals surface area contributed by atoms with Gasteiger partial charge in [-0.1, -0.05) is 42.0 Å². The highest BCUT2D eigenvalue weighted by molar-refractivity contribution is 5.89. The number of para-hydroxylation sites is 1. The van der Waals surface area contributed by atoms with Gasteiger partial charge in [-0.05, 0) is 30.5 Å². The van der Waals surface area contributed by atoms with Gasteiger partial charge in [-0.3, -0.25) is 0 Å². The molecule has 3 rings (SSSR count). The Morgan fingerprint density at radius 3 is 2.59 bits per heavy atom. The summed E-state index contributed by atoms with van der Waals surface area (Å²) in [5.74, 6) is 1.02. The number of rotatable bonds is 5. The summed E-state index contributed by atoms with van der Waals surface area (Å²) in [6.45, 7) is 2.25. The zero-order chi connectivity index (χ0) is 15.5. The average molecular weight is 295 g/mol. The molecule has 0 amide bonds. The highest BCUT2D eigenvalue weighted by Crippen LogP contribution is 2.36. The van der Waals surface area contributed by atoms with Gasteiger partial charge < -0.3 is 14.8 Å². The first-order chi connectivity index (χ1) is 10.7. The van der Waals surface area contributed by atoms with Crippen LogP contribution in [0.25, 0.3) is 10.9 Å². The molecule has 0 fully saturated rings.